The maximum absolute atomic E-state index is 12.5. The number of carbonyl (C=O) groups excluding carboxylic acids is 2. The summed E-state index contributed by atoms with van der Waals surface area (Å²) in [7, 11) is 0. The monoisotopic (exact) mass is 388 g/mol. The minimum atomic E-state index is -1.35. The maximum atomic E-state index is 12.5. The van der Waals surface area contributed by atoms with Crippen LogP contribution in [0.5, 0.6) is 0 Å². The molecule has 0 unspecified atom stereocenters. The molecule has 0 spiro atoms. The number of aliphatic hydroxyl groups is 2. The molecule has 6 nitrogen and oxygen atoms in total. The van der Waals surface area contributed by atoms with E-state index in [0.717, 1.165) is 24.8 Å². The number of carbonyl (C=O) groups is 3. The van der Waals surface area contributed by atoms with E-state index in [0.29, 0.717) is 12.8 Å². The lowest BCUT2D eigenvalue weighted by Crippen LogP contribution is -2.52. The third-order valence-corrected chi connectivity index (χ3v) is 8.68. The van der Waals surface area contributed by atoms with Crippen LogP contribution in [0.2, 0.25) is 0 Å². The van der Waals surface area contributed by atoms with Crippen LogP contribution in [0.3, 0.4) is 0 Å². The van der Waals surface area contributed by atoms with E-state index in [1.54, 1.807) is 0 Å². The molecule has 28 heavy (non-hydrogen) atoms. The zero-order chi connectivity index (χ0) is 20.6. The lowest BCUT2D eigenvalue weighted by atomic mass is 9.47. The largest absolute Gasteiger partial charge is 0.507 e. The second-order valence-corrected chi connectivity index (χ2v) is 9.75. The second-order valence-electron chi connectivity index (χ2n) is 9.75. The third kappa shape index (κ3) is 2.23. The van der Waals surface area contributed by atoms with E-state index in [-0.39, 0.29) is 34.8 Å². The fraction of sp³-hybridized carbons (Fsp3) is 0.682. The Bertz CT molecular complexity index is 838. The summed E-state index contributed by atoms with van der Waals surface area (Å²) in [6.07, 6.45) is 5.23. The van der Waals surface area contributed by atoms with Crippen molar-refractivity contribution in [1.29, 1.82) is 0 Å². The number of rotatable bonds is 2. The fourth-order valence-corrected chi connectivity index (χ4v) is 7.42. The van der Waals surface area contributed by atoms with Crippen LogP contribution in [0.15, 0.2) is 23.2 Å². The van der Waals surface area contributed by atoms with Crippen molar-refractivity contribution < 1.29 is 29.7 Å². The molecular formula is C22H28O6. The van der Waals surface area contributed by atoms with Gasteiger partial charge in [0.05, 0.1) is 5.41 Å². The normalized spacial score (nSPS) is 45.0. The van der Waals surface area contributed by atoms with E-state index < -0.39 is 34.6 Å². The standard InChI is InChI=1S/C22H28O6/c1-10-8-14-12-5-4-11-9-15(23)17(24)19(26)22(11,3)13(12)6-7-21(14,2)16(10)18(25)20(27)28/h9-10,12-14,16,24,26H,4-8H2,1-3H3,(H,27,28)/t10-,12-,13+,14+,16-,21+,22+/m1/s1. The highest BCUT2D eigenvalue weighted by Gasteiger charge is 2.63. The highest BCUT2D eigenvalue weighted by Crippen LogP contribution is 2.68. The van der Waals surface area contributed by atoms with Gasteiger partial charge in [-0.05, 0) is 74.2 Å². The van der Waals surface area contributed by atoms with E-state index in [1.165, 1.54) is 6.08 Å². The predicted octanol–water partition coefficient (Wildman–Crippen LogP) is 3.58. The van der Waals surface area contributed by atoms with E-state index in [4.69, 9.17) is 0 Å². The van der Waals surface area contributed by atoms with Gasteiger partial charge in [0.2, 0.25) is 17.3 Å². The van der Waals surface area contributed by atoms with Gasteiger partial charge in [-0.25, -0.2) is 4.79 Å². The Hall–Kier alpha value is -2.11. The number of ketones is 2. The maximum Gasteiger partial charge on any atom is 0.372 e. The average Bonchev–Trinajstić information content (AvgIpc) is 2.91. The summed E-state index contributed by atoms with van der Waals surface area (Å²) < 4.78 is 0. The molecule has 6 heteroatoms. The van der Waals surface area contributed by atoms with E-state index in [9.17, 15) is 29.7 Å². The van der Waals surface area contributed by atoms with Crippen molar-refractivity contribution in [3.05, 3.63) is 23.2 Å². The zero-order valence-corrected chi connectivity index (χ0v) is 16.6. The highest BCUT2D eigenvalue weighted by atomic mass is 16.4. The Balaban J connectivity index is 1.73. The molecule has 4 aliphatic rings. The minimum absolute atomic E-state index is 0.00701. The lowest BCUT2D eigenvalue weighted by Gasteiger charge is -2.57. The van der Waals surface area contributed by atoms with Crippen LogP contribution >= 0.6 is 0 Å². The Kier molecular flexibility index (Phi) is 4.08. The van der Waals surface area contributed by atoms with Crippen molar-refractivity contribution in [3.63, 3.8) is 0 Å². The number of Topliss-reactive ketones (excluding diaryl/α,β-unsaturated/α-hetero) is 1. The molecule has 0 radical (unpaired) electrons. The number of carboxylic acid groups (broad SMARTS) is 1. The Morgan fingerprint density at radius 1 is 1.14 bits per heavy atom. The summed E-state index contributed by atoms with van der Waals surface area (Å²) >= 11 is 0. The molecule has 3 N–H and O–H groups in total. The number of hydrogen-bond donors (Lipinski definition) is 3. The molecule has 4 aliphatic carbocycles. The molecule has 0 aliphatic heterocycles. The number of aliphatic carboxylic acids is 1. The molecule has 0 bridgehead atoms. The van der Waals surface area contributed by atoms with Crippen molar-refractivity contribution in [1.82, 2.24) is 0 Å². The SMILES string of the molecule is C[C@@H]1C[C@H]2[C@@H]3CCC4=CC(=O)C(O)=C(O)[C@]4(C)[C@H]3CC[C@]2(C)[C@H]1C(=O)C(=O)O. The van der Waals surface area contributed by atoms with Crippen molar-refractivity contribution in [2.24, 2.45) is 40.4 Å². The molecular weight excluding hydrogens is 360 g/mol. The molecule has 3 saturated carbocycles. The molecule has 7 atom stereocenters. The van der Waals surface area contributed by atoms with Crippen LogP contribution in [0.4, 0.5) is 0 Å². The summed E-state index contributed by atoms with van der Waals surface area (Å²) in [4.78, 5) is 35.9. The van der Waals surface area contributed by atoms with Crippen molar-refractivity contribution in [2.45, 2.75) is 52.9 Å². The third-order valence-electron chi connectivity index (χ3n) is 8.68. The van der Waals surface area contributed by atoms with Crippen molar-refractivity contribution in [3.8, 4) is 0 Å². The average molecular weight is 388 g/mol. The van der Waals surface area contributed by atoms with Gasteiger partial charge in [-0.15, -0.1) is 0 Å². The molecule has 0 aromatic rings. The van der Waals surface area contributed by atoms with E-state index in [1.807, 2.05) is 13.8 Å². The molecule has 4 rings (SSSR count). The molecule has 0 heterocycles. The van der Waals surface area contributed by atoms with Gasteiger partial charge in [-0.3, -0.25) is 9.59 Å². The van der Waals surface area contributed by atoms with Gasteiger partial charge in [0.15, 0.2) is 0 Å². The summed E-state index contributed by atoms with van der Waals surface area (Å²) in [5.74, 6) is -3.34. The number of carboxylic acids is 1. The fourth-order valence-electron chi connectivity index (χ4n) is 7.42. The van der Waals surface area contributed by atoms with E-state index in [2.05, 4.69) is 6.92 Å². The first-order valence-electron chi connectivity index (χ1n) is 10.2. The molecule has 0 aromatic carbocycles. The van der Waals surface area contributed by atoms with Gasteiger partial charge in [-0.2, -0.15) is 0 Å². The van der Waals surface area contributed by atoms with Crippen LogP contribution in [0, 0.1) is 40.4 Å². The van der Waals surface area contributed by atoms with Gasteiger partial charge in [0, 0.05) is 5.92 Å². The summed E-state index contributed by atoms with van der Waals surface area (Å²) in [5.41, 5.74) is -0.248. The minimum Gasteiger partial charge on any atom is -0.507 e. The van der Waals surface area contributed by atoms with E-state index >= 15 is 0 Å². The topological polar surface area (TPSA) is 112 Å². The smallest absolute Gasteiger partial charge is 0.372 e. The summed E-state index contributed by atoms with van der Waals surface area (Å²) in [6, 6.07) is 0. The first-order chi connectivity index (χ1) is 13.0. The van der Waals surface area contributed by atoms with Crippen LogP contribution in [0.1, 0.15) is 52.9 Å². The summed E-state index contributed by atoms with van der Waals surface area (Å²) in [6.45, 7) is 5.95. The highest BCUT2D eigenvalue weighted by molar-refractivity contribution is 6.33. The van der Waals surface area contributed by atoms with Crippen molar-refractivity contribution >= 4 is 17.5 Å². The van der Waals surface area contributed by atoms with Gasteiger partial charge in [-0.1, -0.05) is 19.4 Å². The molecule has 3 fully saturated rings. The Morgan fingerprint density at radius 2 is 1.82 bits per heavy atom. The molecule has 152 valence electrons. The Labute approximate surface area is 164 Å². The quantitative estimate of drug-likeness (QED) is 0.623. The van der Waals surface area contributed by atoms with Crippen LogP contribution < -0.4 is 0 Å². The number of hydrogen-bond acceptors (Lipinski definition) is 5. The molecule has 0 saturated heterocycles. The van der Waals surface area contributed by atoms with Gasteiger partial charge >= 0.3 is 5.97 Å². The van der Waals surface area contributed by atoms with Gasteiger partial charge in [0.1, 0.15) is 5.76 Å². The van der Waals surface area contributed by atoms with Crippen LogP contribution in [0.25, 0.3) is 0 Å². The predicted molar refractivity (Wildman–Crippen MR) is 100 cm³/mol. The first kappa shape index (κ1) is 19.2. The first-order valence-corrected chi connectivity index (χ1v) is 10.2. The second kappa shape index (κ2) is 5.94. The van der Waals surface area contributed by atoms with Crippen LogP contribution in [-0.4, -0.2) is 32.9 Å². The zero-order valence-electron chi connectivity index (χ0n) is 16.6. The van der Waals surface area contributed by atoms with Gasteiger partial charge < -0.3 is 15.3 Å². The summed E-state index contributed by atoms with van der Waals surface area (Å²) in [5, 5.41) is 30.2. The van der Waals surface area contributed by atoms with Gasteiger partial charge in [0.25, 0.3) is 0 Å². The number of fused-ring (bicyclic) bond motifs is 5. The lowest BCUT2D eigenvalue weighted by molar-refractivity contribution is -0.155. The van der Waals surface area contributed by atoms with Crippen molar-refractivity contribution in [2.75, 3.05) is 0 Å². The molecule has 0 aromatic heterocycles. The van der Waals surface area contributed by atoms with Crippen LogP contribution in [-0.2, 0) is 14.4 Å². The number of allylic oxidation sites excluding steroid dienone is 2. The number of aliphatic hydroxyl groups excluding tert-OH is 2. The molecule has 0 amide bonds. The Morgan fingerprint density at radius 3 is 2.46 bits per heavy atom.